The quantitative estimate of drug-likeness (QED) is 0.530. The van der Waals surface area contributed by atoms with Gasteiger partial charge in [0.15, 0.2) is 5.65 Å². The van der Waals surface area contributed by atoms with Crippen LogP contribution in [0.15, 0.2) is 76.3 Å². The van der Waals surface area contributed by atoms with Crippen molar-refractivity contribution in [3.05, 3.63) is 93.0 Å². The van der Waals surface area contributed by atoms with Crippen molar-refractivity contribution in [2.45, 2.75) is 0 Å². The zero-order valence-electron chi connectivity index (χ0n) is 13.5. The van der Waals surface area contributed by atoms with Gasteiger partial charge >= 0.3 is 0 Å². The molecule has 0 saturated heterocycles. The summed E-state index contributed by atoms with van der Waals surface area (Å²) in [6, 6.07) is 19.3. The molecule has 0 bridgehead atoms. The number of aromatic amines is 2. The van der Waals surface area contributed by atoms with Crippen LogP contribution >= 0.6 is 0 Å². The molecule has 0 unspecified atom stereocenters. The molecule has 0 fully saturated rings. The maximum absolute atomic E-state index is 12.6. The summed E-state index contributed by atoms with van der Waals surface area (Å²) in [5.41, 5.74) is 0.736. The number of amides is 1. The summed E-state index contributed by atoms with van der Waals surface area (Å²) in [6.45, 7) is 0. The van der Waals surface area contributed by atoms with Crippen LogP contribution in [0.5, 0.6) is 0 Å². The van der Waals surface area contributed by atoms with Crippen LogP contribution in [0.3, 0.4) is 0 Å². The van der Waals surface area contributed by atoms with E-state index >= 15 is 0 Å². The Kier molecular flexibility index (Phi) is 3.74. The molecule has 7 heteroatoms. The van der Waals surface area contributed by atoms with Crippen molar-refractivity contribution >= 4 is 17.2 Å². The highest BCUT2D eigenvalue weighted by Gasteiger charge is 2.20. The minimum absolute atomic E-state index is 0.120. The molecule has 0 saturated carbocycles. The summed E-state index contributed by atoms with van der Waals surface area (Å²) in [5.74, 6) is -0.596. The van der Waals surface area contributed by atoms with Gasteiger partial charge in [0.05, 0.1) is 5.69 Å². The first-order valence-electron chi connectivity index (χ1n) is 7.93. The Morgan fingerprint density at radius 1 is 0.923 bits per heavy atom. The van der Waals surface area contributed by atoms with E-state index in [1.165, 1.54) is 6.07 Å². The van der Waals surface area contributed by atoms with Gasteiger partial charge in [-0.15, -0.1) is 0 Å². The first-order valence-corrected chi connectivity index (χ1v) is 7.93. The highest BCUT2D eigenvalue weighted by molar-refractivity contribution is 6.08. The van der Waals surface area contributed by atoms with Crippen LogP contribution in [-0.4, -0.2) is 20.5 Å². The number of carbonyl (C=O) groups is 1. The minimum atomic E-state index is -0.642. The molecule has 0 spiro atoms. The van der Waals surface area contributed by atoms with Gasteiger partial charge in [0.2, 0.25) is 0 Å². The Bertz CT molecular complexity index is 1200. The maximum atomic E-state index is 12.6. The van der Waals surface area contributed by atoms with Gasteiger partial charge in [-0.3, -0.25) is 19.5 Å². The van der Waals surface area contributed by atoms with Crippen molar-refractivity contribution < 1.29 is 4.79 Å². The lowest BCUT2D eigenvalue weighted by molar-refractivity contribution is 0.102. The predicted octanol–water partition coefficient (Wildman–Crippen LogP) is 2.24. The number of para-hydroxylation sites is 1. The van der Waals surface area contributed by atoms with Crippen molar-refractivity contribution in [3.63, 3.8) is 0 Å². The van der Waals surface area contributed by atoms with E-state index in [0.29, 0.717) is 11.4 Å². The number of fused-ring (bicyclic) bond motifs is 1. The zero-order valence-corrected chi connectivity index (χ0v) is 13.5. The number of carbonyl (C=O) groups excluding carboxylic acids is 1. The summed E-state index contributed by atoms with van der Waals surface area (Å²) in [5, 5.41) is 5.06. The number of anilines is 1. The van der Waals surface area contributed by atoms with Crippen molar-refractivity contribution in [2.75, 3.05) is 5.32 Å². The topological polar surface area (TPSA) is 99.2 Å². The van der Waals surface area contributed by atoms with Gasteiger partial charge in [-0.1, -0.05) is 48.5 Å². The number of nitrogens with zero attached hydrogens (tertiary/aromatic N) is 1. The Balaban J connectivity index is 1.86. The Labute approximate surface area is 146 Å². The molecule has 0 aliphatic carbocycles. The van der Waals surface area contributed by atoms with Crippen LogP contribution in [0.1, 0.15) is 10.4 Å². The fraction of sp³-hybridized carbons (Fsp3) is 0. The van der Waals surface area contributed by atoms with E-state index in [4.69, 9.17) is 0 Å². The molecule has 0 aliphatic heterocycles. The Hall–Kier alpha value is -3.87. The second-order valence-electron chi connectivity index (χ2n) is 5.71. The van der Waals surface area contributed by atoms with Gasteiger partial charge in [0.25, 0.3) is 17.0 Å². The molecule has 0 aliphatic rings. The lowest BCUT2D eigenvalue weighted by Gasteiger charge is -2.05. The summed E-state index contributed by atoms with van der Waals surface area (Å²) in [6.07, 6.45) is 0. The summed E-state index contributed by atoms with van der Waals surface area (Å²) < 4.78 is 1.04. The molecular formula is C19H14N4O3. The molecule has 2 heterocycles. The molecule has 0 radical (unpaired) electrons. The molecular weight excluding hydrogens is 332 g/mol. The summed E-state index contributed by atoms with van der Waals surface area (Å²) >= 11 is 0. The standard InChI is InChI=1S/C19H14N4O3/c24-15-11-14(12-7-3-1-4-8-12)21-17-16(19(26)22-23(15)17)18(25)20-13-9-5-2-6-10-13/h1-11,21H,(H,20,25)(H,22,26). The Morgan fingerprint density at radius 2 is 1.58 bits per heavy atom. The van der Waals surface area contributed by atoms with Crippen molar-refractivity contribution in [2.24, 2.45) is 0 Å². The van der Waals surface area contributed by atoms with E-state index in [2.05, 4.69) is 15.4 Å². The molecule has 1 amide bonds. The highest BCUT2D eigenvalue weighted by atomic mass is 16.2. The van der Waals surface area contributed by atoms with E-state index in [9.17, 15) is 14.4 Å². The lowest BCUT2D eigenvalue weighted by atomic mass is 10.1. The molecule has 4 aromatic rings. The number of nitrogens with one attached hydrogen (secondary N) is 3. The first-order chi connectivity index (χ1) is 12.6. The molecule has 128 valence electrons. The highest BCUT2D eigenvalue weighted by Crippen LogP contribution is 2.16. The van der Waals surface area contributed by atoms with Crippen molar-refractivity contribution in [3.8, 4) is 11.3 Å². The van der Waals surface area contributed by atoms with Gasteiger partial charge in [0.1, 0.15) is 5.56 Å². The number of aromatic nitrogens is 3. The summed E-state index contributed by atoms with van der Waals surface area (Å²) in [4.78, 5) is 40.2. The fourth-order valence-corrected chi connectivity index (χ4v) is 2.77. The molecule has 2 aromatic carbocycles. The van der Waals surface area contributed by atoms with E-state index in [1.54, 1.807) is 24.3 Å². The molecule has 3 N–H and O–H groups in total. The minimum Gasteiger partial charge on any atom is -0.339 e. The second-order valence-corrected chi connectivity index (χ2v) is 5.71. The van der Waals surface area contributed by atoms with E-state index in [0.717, 1.165) is 10.1 Å². The second kappa shape index (κ2) is 6.21. The first kappa shape index (κ1) is 15.6. The summed E-state index contributed by atoms with van der Waals surface area (Å²) in [7, 11) is 0. The average molecular weight is 346 g/mol. The molecule has 26 heavy (non-hydrogen) atoms. The third-order valence-electron chi connectivity index (χ3n) is 3.99. The lowest BCUT2D eigenvalue weighted by Crippen LogP contribution is -2.19. The fourth-order valence-electron chi connectivity index (χ4n) is 2.77. The molecule has 4 rings (SSSR count). The average Bonchev–Trinajstić information content (AvgIpc) is 3.00. The number of hydrogen-bond acceptors (Lipinski definition) is 3. The third-order valence-corrected chi connectivity index (χ3v) is 3.99. The van der Waals surface area contributed by atoms with Crippen molar-refractivity contribution in [1.82, 2.24) is 14.6 Å². The smallest absolute Gasteiger partial charge is 0.279 e. The van der Waals surface area contributed by atoms with Gasteiger partial charge in [-0.25, -0.2) is 0 Å². The van der Waals surface area contributed by atoms with Crippen LogP contribution in [0.25, 0.3) is 16.9 Å². The van der Waals surface area contributed by atoms with Crippen LogP contribution in [0.2, 0.25) is 0 Å². The third kappa shape index (κ3) is 2.71. The number of hydrogen-bond donors (Lipinski definition) is 3. The number of rotatable bonds is 3. The monoisotopic (exact) mass is 346 g/mol. The van der Waals surface area contributed by atoms with Crippen molar-refractivity contribution in [1.29, 1.82) is 0 Å². The van der Waals surface area contributed by atoms with Gasteiger partial charge < -0.3 is 10.3 Å². The van der Waals surface area contributed by atoms with E-state index in [-0.39, 0.29) is 11.2 Å². The van der Waals surface area contributed by atoms with Crippen LogP contribution in [-0.2, 0) is 0 Å². The normalized spacial score (nSPS) is 10.8. The predicted molar refractivity (Wildman–Crippen MR) is 98.5 cm³/mol. The Morgan fingerprint density at radius 3 is 2.27 bits per heavy atom. The van der Waals surface area contributed by atoms with Gasteiger partial charge in [0, 0.05) is 11.8 Å². The number of benzene rings is 2. The van der Waals surface area contributed by atoms with Crippen LogP contribution < -0.4 is 16.4 Å². The molecule has 7 nitrogen and oxygen atoms in total. The number of H-pyrrole nitrogens is 2. The molecule has 0 atom stereocenters. The largest absolute Gasteiger partial charge is 0.339 e. The molecule has 2 aromatic heterocycles. The zero-order chi connectivity index (χ0) is 18.1. The van der Waals surface area contributed by atoms with E-state index < -0.39 is 17.0 Å². The van der Waals surface area contributed by atoms with Crippen LogP contribution in [0, 0.1) is 0 Å². The SMILES string of the molecule is O=C(Nc1ccccc1)c1c(=O)[nH]n2c(=O)cc(-c3ccccc3)[nH]c12. The van der Waals surface area contributed by atoms with Crippen LogP contribution in [0.4, 0.5) is 5.69 Å². The van der Waals surface area contributed by atoms with E-state index in [1.807, 2.05) is 36.4 Å². The van der Waals surface area contributed by atoms with Gasteiger partial charge in [-0.05, 0) is 17.7 Å². The maximum Gasteiger partial charge on any atom is 0.279 e. The van der Waals surface area contributed by atoms with Gasteiger partial charge in [-0.2, -0.15) is 4.52 Å².